The summed E-state index contributed by atoms with van der Waals surface area (Å²) in [7, 11) is 0. The first-order valence-electron chi connectivity index (χ1n) is 10.6. The van der Waals surface area contributed by atoms with Crippen LogP contribution in [0.4, 0.5) is 0 Å². The van der Waals surface area contributed by atoms with Gasteiger partial charge >= 0.3 is 0 Å². The summed E-state index contributed by atoms with van der Waals surface area (Å²) in [5.41, 5.74) is 3.87. The van der Waals surface area contributed by atoms with E-state index in [1.165, 1.54) is 5.57 Å². The van der Waals surface area contributed by atoms with Gasteiger partial charge in [-0.05, 0) is 55.8 Å². The van der Waals surface area contributed by atoms with Crippen molar-refractivity contribution < 1.29 is 14.2 Å². The van der Waals surface area contributed by atoms with Crippen molar-refractivity contribution >= 4 is 22.5 Å². The molecule has 0 bridgehead atoms. The summed E-state index contributed by atoms with van der Waals surface area (Å²) in [5.74, 6) is 0.212. The number of rotatable bonds is 6. The van der Waals surface area contributed by atoms with Crippen LogP contribution in [0.5, 0.6) is 0 Å². The molecule has 1 aromatic carbocycles. The highest BCUT2D eigenvalue weighted by molar-refractivity contribution is 5.97. The van der Waals surface area contributed by atoms with Crippen LogP contribution in [0.2, 0.25) is 0 Å². The van der Waals surface area contributed by atoms with Gasteiger partial charge in [-0.25, -0.2) is 0 Å². The second-order valence-corrected chi connectivity index (χ2v) is 7.73. The number of pyridine rings is 1. The van der Waals surface area contributed by atoms with E-state index in [0.29, 0.717) is 0 Å². The third-order valence-corrected chi connectivity index (χ3v) is 5.42. The van der Waals surface area contributed by atoms with E-state index < -0.39 is 0 Å². The molecule has 4 heteroatoms. The van der Waals surface area contributed by atoms with E-state index in [1.54, 1.807) is 13.8 Å². The highest BCUT2D eigenvalue weighted by Gasteiger charge is 2.21. The fraction of sp³-hybridized carbons (Fsp3) is 0.179. The number of benzene rings is 1. The molecule has 1 aliphatic carbocycles. The van der Waals surface area contributed by atoms with Crippen LogP contribution in [0.25, 0.3) is 10.9 Å². The van der Waals surface area contributed by atoms with E-state index >= 15 is 0 Å². The Labute approximate surface area is 189 Å². The fourth-order valence-corrected chi connectivity index (χ4v) is 3.76. The van der Waals surface area contributed by atoms with Gasteiger partial charge in [0.25, 0.3) is 0 Å². The molecule has 4 nitrogen and oxygen atoms in total. The van der Waals surface area contributed by atoms with Gasteiger partial charge in [-0.3, -0.25) is 9.59 Å². The first-order valence-corrected chi connectivity index (χ1v) is 10.6. The number of carbonyl (C=O) groups is 2. The van der Waals surface area contributed by atoms with Gasteiger partial charge in [-0.1, -0.05) is 30.9 Å². The maximum absolute atomic E-state index is 11.3. The van der Waals surface area contributed by atoms with Gasteiger partial charge < -0.3 is 4.90 Å². The number of fused-ring (bicyclic) bond motifs is 2. The molecule has 1 atom stereocenters. The second-order valence-electron chi connectivity index (χ2n) is 7.73. The van der Waals surface area contributed by atoms with E-state index in [2.05, 4.69) is 28.7 Å². The Balaban J connectivity index is 0.000000181. The highest BCUT2D eigenvalue weighted by Crippen LogP contribution is 2.25. The first-order chi connectivity index (χ1) is 15.4. The van der Waals surface area contributed by atoms with Crippen LogP contribution in [0.1, 0.15) is 24.2 Å². The van der Waals surface area contributed by atoms with Gasteiger partial charge in [0.1, 0.15) is 0 Å². The normalized spacial score (nSPS) is 16.3. The third-order valence-electron chi connectivity index (χ3n) is 5.42. The molecular weight excluding hydrogens is 396 g/mol. The molecule has 2 aromatic rings. The summed E-state index contributed by atoms with van der Waals surface area (Å²) in [4.78, 5) is 24.8. The van der Waals surface area contributed by atoms with Crippen LogP contribution < -0.4 is 4.57 Å². The zero-order valence-corrected chi connectivity index (χ0v) is 18.7. The number of allylic oxidation sites excluding steroid dienone is 5. The minimum atomic E-state index is 0.0982. The van der Waals surface area contributed by atoms with Crippen LogP contribution in [-0.4, -0.2) is 29.1 Å². The van der Waals surface area contributed by atoms with Crippen LogP contribution in [0, 0.1) is 0 Å². The van der Waals surface area contributed by atoms with E-state index in [9.17, 15) is 9.59 Å². The molecule has 1 aliphatic heterocycles. The summed E-state index contributed by atoms with van der Waals surface area (Å²) >= 11 is 0. The number of aromatic nitrogens is 1. The molecule has 0 saturated carbocycles. The van der Waals surface area contributed by atoms with Crippen molar-refractivity contribution in [3.8, 4) is 0 Å². The Kier molecular flexibility index (Phi) is 7.50. The van der Waals surface area contributed by atoms with Crippen molar-refractivity contribution in [1.29, 1.82) is 0 Å². The minimum Gasteiger partial charge on any atom is -0.363 e. The zero-order valence-electron chi connectivity index (χ0n) is 18.7. The second kappa shape index (κ2) is 10.5. The SMILES string of the molecule is C=CCN1C=CC=C2C=CC(C(C)=O)=CC21.C=CC[n+]1cccc2cc(C(C)=O)ccc21. The highest BCUT2D eigenvalue weighted by atomic mass is 16.1. The maximum atomic E-state index is 11.3. The summed E-state index contributed by atoms with van der Waals surface area (Å²) < 4.78 is 2.10. The minimum absolute atomic E-state index is 0.0982. The standard InChI is InChI=1S/C14H14NO.C14H15NO/c1-3-8-15-9-4-5-13-10-12(11(2)16)6-7-14(13)15;1-3-8-15-9-4-5-12-6-7-13(11(2)16)10-14(12)15/h3-7,9-10H,1,8H2,2H3;3-7,9-10,14H,1,8H2,2H3/q+1;. The molecule has 2 aliphatic rings. The van der Waals surface area contributed by atoms with Crippen LogP contribution in [-0.2, 0) is 11.3 Å². The van der Waals surface area contributed by atoms with E-state index in [1.807, 2.05) is 79.2 Å². The number of hydrogen-bond acceptors (Lipinski definition) is 3. The van der Waals surface area contributed by atoms with Gasteiger partial charge in [0.2, 0.25) is 5.52 Å². The monoisotopic (exact) mass is 425 g/mol. The molecule has 1 aromatic heterocycles. The van der Waals surface area contributed by atoms with Gasteiger partial charge in [-0.15, -0.1) is 6.58 Å². The van der Waals surface area contributed by atoms with Crippen molar-refractivity contribution in [1.82, 2.24) is 4.90 Å². The maximum Gasteiger partial charge on any atom is 0.212 e. The largest absolute Gasteiger partial charge is 0.363 e. The third kappa shape index (κ3) is 5.27. The van der Waals surface area contributed by atoms with Crippen molar-refractivity contribution in [3.63, 3.8) is 0 Å². The number of ketones is 2. The average Bonchev–Trinajstić information content (AvgIpc) is 2.79. The molecule has 1 unspecified atom stereocenters. The molecule has 32 heavy (non-hydrogen) atoms. The Bertz CT molecular complexity index is 1180. The smallest absolute Gasteiger partial charge is 0.212 e. The fourth-order valence-electron chi connectivity index (χ4n) is 3.76. The molecule has 0 amide bonds. The summed E-state index contributed by atoms with van der Waals surface area (Å²) in [6.45, 7) is 12.2. The summed E-state index contributed by atoms with van der Waals surface area (Å²) in [6.07, 6.45) is 17.8. The van der Waals surface area contributed by atoms with Gasteiger partial charge in [-0.2, -0.15) is 4.57 Å². The molecule has 0 N–H and O–H groups in total. The molecule has 162 valence electrons. The van der Waals surface area contributed by atoms with E-state index in [0.717, 1.165) is 35.1 Å². The Morgan fingerprint density at radius 2 is 1.91 bits per heavy atom. The van der Waals surface area contributed by atoms with Crippen LogP contribution in [0.3, 0.4) is 0 Å². The summed E-state index contributed by atoms with van der Waals surface area (Å²) in [6, 6.07) is 9.95. The van der Waals surface area contributed by atoms with Crippen LogP contribution >= 0.6 is 0 Å². The lowest BCUT2D eigenvalue weighted by molar-refractivity contribution is -0.660. The van der Waals surface area contributed by atoms with Crippen LogP contribution in [0.15, 0.2) is 110 Å². The van der Waals surface area contributed by atoms with Crippen molar-refractivity contribution in [2.75, 3.05) is 6.54 Å². The van der Waals surface area contributed by atoms with Gasteiger partial charge in [0.15, 0.2) is 24.3 Å². The average molecular weight is 426 g/mol. The molecule has 0 radical (unpaired) electrons. The number of Topliss-reactive ketones (excluding diaryl/α,β-unsaturated/α-hetero) is 2. The Morgan fingerprint density at radius 1 is 1.09 bits per heavy atom. The number of hydrogen-bond donors (Lipinski definition) is 0. The lowest BCUT2D eigenvalue weighted by atomic mass is 9.93. The van der Waals surface area contributed by atoms with E-state index in [-0.39, 0.29) is 17.6 Å². The number of carbonyl (C=O) groups excluding carboxylic acids is 2. The van der Waals surface area contributed by atoms with Gasteiger partial charge in [0.05, 0.1) is 6.04 Å². The lowest BCUT2D eigenvalue weighted by Crippen LogP contribution is -2.33. The van der Waals surface area contributed by atoms with Crippen molar-refractivity contribution in [3.05, 3.63) is 115 Å². The Hall–Kier alpha value is -3.79. The number of nitrogens with zero attached hydrogens (tertiary/aromatic N) is 2. The zero-order chi connectivity index (χ0) is 23.1. The predicted octanol–water partition coefficient (Wildman–Crippen LogP) is 4.90. The lowest BCUT2D eigenvalue weighted by Gasteiger charge is -2.32. The summed E-state index contributed by atoms with van der Waals surface area (Å²) in [5, 5.41) is 1.08. The molecule has 0 fully saturated rings. The molecular formula is C28H29N2O2+. The Morgan fingerprint density at radius 3 is 2.59 bits per heavy atom. The first kappa shape index (κ1) is 22.9. The molecule has 0 spiro atoms. The molecule has 4 rings (SSSR count). The van der Waals surface area contributed by atoms with E-state index in [4.69, 9.17) is 0 Å². The predicted molar refractivity (Wildman–Crippen MR) is 130 cm³/mol. The van der Waals surface area contributed by atoms with Crippen molar-refractivity contribution in [2.24, 2.45) is 0 Å². The molecule has 0 saturated heterocycles. The molecule has 2 heterocycles. The quantitative estimate of drug-likeness (QED) is 0.376. The topological polar surface area (TPSA) is 41.3 Å². The van der Waals surface area contributed by atoms with Gasteiger partial charge in [0, 0.05) is 41.4 Å². The van der Waals surface area contributed by atoms with Crippen molar-refractivity contribution in [2.45, 2.75) is 26.4 Å².